The number of hydrogen-bond donors (Lipinski definition) is 3. The van der Waals surface area contributed by atoms with Gasteiger partial charge in [-0.25, -0.2) is 4.79 Å². The summed E-state index contributed by atoms with van der Waals surface area (Å²) in [6, 6.07) is 8.26. The molecule has 0 bridgehead atoms. The van der Waals surface area contributed by atoms with Crippen LogP contribution in [0, 0.1) is 56.2 Å². The number of ketones is 1. The van der Waals surface area contributed by atoms with E-state index in [1.165, 1.54) is 5.57 Å². The highest BCUT2D eigenvalue weighted by Crippen LogP contribution is 2.75. The summed E-state index contributed by atoms with van der Waals surface area (Å²) in [7, 11) is 0. The van der Waals surface area contributed by atoms with E-state index in [0.717, 1.165) is 44.1 Å². The molecule has 3 N–H and O–H groups in total. The number of ether oxygens (including phenoxy) is 1. The number of carbonyl (C=O) groups is 5. The third-order valence-corrected chi connectivity index (χ3v) is 15.6. The lowest BCUT2D eigenvalue weighted by atomic mass is 9.33. The Morgan fingerprint density at radius 2 is 1.55 bits per heavy atom. The Hall–Kier alpha value is -3.49. The average Bonchev–Trinajstić information content (AvgIpc) is 3.05. The summed E-state index contributed by atoms with van der Waals surface area (Å²) in [6.07, 6.45) is 8.44. The Morgan fingerprint density at radius 3 is 2.20 bits per heavy atom. The molecule has 0 spiro atoms. The van der Waals surface area contributed by atoms with Gasteiger partial charge in [-0.05, 0) is 115 Å². The number of aliphatic carboxylic acids is 2. The lowest BCUT2D eigenvalue weighted by molar-refractivity contribution is -0.195. The molecular weight excluding hydrogens is 646 g/mol. The van der Waals surface area contributed by atoms with E-state index in [0.29, 0.717) is 19.3 Å². The number of nitrogens with one attached hydrogen (secondary N) is 1. The van der Waals surface area contributed by atoms with Gasteiger partial charge in [-0.15, -0.1) is 0 Å². The zero-order valence-electron chi connectivity index (χ0n) is 31.5. The van der Waals surface area contributed by atoms with E-state index in [1.807, 2.05) is 43.3 Å². The van der Waals surface area contributed by atoms with Crippen molar-refractivity contribution in [2.75, 3.05) is 0 Å². The summed E-state index contributed by atoms with van der Waals surface area (Å²) in [5.41, 5.74) is 0.0484. The number of hydrogen-bond acceptors (Lipinski definition) is 6. The Kier molecular flexibility index (Phi) is 9.19. The lowest BCUT2D eigenvalue weighted by Gasteiger charge is -2.70. The van der Waals surface area contributed by atoms with Crippen molar-refractivity contribution in [1.82, 2.24) is 5.32 Å². The van der Waals surface area contributed by atoms with Crippen LogP contribution in [0.15, 0.2) is 42.0 Å². The molecule has 1 aromatic rings. The summed E-state index contributed by atoms with van der Waals surface area (Å²) >= 11 is 0. The highest BCUT2D eigenvalue weighted by molar-refractivity contribution is 5.96. The third kappa shape index (κ3) is 5.85. The second kappa shape index (κ2) is 12.6. The van der Waals surface area contributed by atoms with Crippen molar-refractivity contribution in [2.24, 2.45) is 56.2 Å². The number of rotatable bonds is 8. The highest BCUT2D eigenvalue weighted by atomic mass is 16.5. The summed E-state index contributed by atoms with van der Waals surface area (Å²) in [5.74, 6) is -3.71. The molecule has 9 heteroatoms. The molecule has 1 aromatic carbocycles. The summed E-state index contributed by atoms with van der Waals surface area (Å²) in [4.78, 5) is 65.3. The lowest BCUT2D eigenvalue weighted by Crippen LogP contribution is -2.66. The summed E-state index contributed by atoms with van der Waals surface area (Å²) in [5, 5.41) is 21.4. The molecule has 0 aliphatic heterocycles. The van der Waals surface area contributed by atoms with Gasteiger partial charge in [0.2, 0.25) is 5.91 Å². The minimum absolute atomic E-state index is 0.00297. The standard InChI is InChI=1S/C42H57NO8/c1-37(2)26(34(47)43-29(35(48)49)22-32(45)46)13-15-40(5)31(37)14-16-42(7)33(40)30(44)21-27-28-23-39(4,18-17-38(28,3)19-20-41(27,42)6)36(50)51-24-25-11-9-8-10-12-25/h8-12,21,26,28-29,31,33H,13-20,22-24H2,1-7H3,(H,43,47)(H,45,46)(H,48,49)/t26-,28+,29-,31+,33-,38-,39+,40+,41-,42-/m1/s1. The molecule has 1 amide bonds. The minimum atomic E-state index is -1.50. The zero-order valence-corrected chi connectivity index (χ0v) is 31.5. The van der Waals surface area contributed by atoms with Crippen LogP contribution in [0.4, 0.5) is 0 Å². The SMILES string of the molecule is CC1(C)[C@@H](C(=O)N[C@H](CC(=O)O)C(=O)O)CC[C@]2(C)[C@H]3C(=O)C=C4[C@@H]5C[C@@](C)(C(=O)OCc6ccccc6)CC[C@]5(C)CC[C@@]4(C)[C@]3(C)CC[C@@H]12. The molecule has 10 atom stereocenters. The van der Waals surface area contributed by atoms with Crippen LogP contribution in [0.1, 0.15) is 118 Å². The van der Waals surface area contributed by atoms with Gasteiger partial charge in [-0.1, -0.05) is 77.4 Å². The van der Waals surface area contributed by atoms with E-state index >= 15 is 0 Å². The fraction of sp³-hybridized carbons (Fsp3) is 0.690. The van der Waals surface area contributed by atoms with Crippen LogP contribution < -0.4 is 5.32 Å². The quantitative estimate of drug-likeness (QED) is 0.238. The van der Waals surface area contributed by atoms with Crippen LogP contribution in [0.25, 0.3) is 0 Å². The normalized spacial score (nSPS) is 40.2. The summed E-state index contributed by atoms with van der Waals surface area (Å²) < 4.78 is 5.93. The van der Waals surface area contributed by atoms with Gasteiger partial charge in [-0.2, -0.15) is 0 Å². The number of carboxylic acids is 2. The number of amides is 1. The molecule has 4 saturated carbocycles. The Balaban J connectivity index is 1.28. The molecule has 51 heavy (non-hydrogen) atoms. The molecule has 9 nitrogen and oxygen atoms in total. The van der Waals surface area contributed by atoms with Gasteiger partial charge in [0, 0.05) is 11.8 Å². The summed E-state index contributed by atoms with van der Waals surface area (Å²) in [6.45, 7) is 15.7. The highest BCUT2D eigenvalue weighted by Gasteiger charge is 2.70. The monoisotopic (exact) mass is 703 g/mol. The van der Waals surface area contributed by atoms with Crippen LogP contribution >= 0.6 is 0 Å². The predicted molar refractivity (Wildman–Crippen MR) is 191 cm³/mol. The Morgan fingerprint density at radius 1 is 0.882 bits per heavy atom. The molecule has 0 radical (unpaired) electrons. The second-order valence-electron chi connectivity index (χ2n) is 18.7. The van der Waals surface area contributed by atoms with Crippen molar-refractivity contribution in [3.05, 3.63) is 47.5 Å². The van der Waals surface area contributed by atoms with Gasteiger partial charge in [0.15, 0.2) is 5.78 Å². The van der Waals surface area contributed by atoms with Crippen molar-refractivity contribution >= 4 is 29.6 Å². The van der Waals surface area contributed by atoms with Gasteiger partial charge in [-0.3, -0.25) is 19.2 Å². The maximum atomic E-state index is 14.8. The van der Waals surface area contributed by atoms with Crippen LogP contribution in [0.5, 0.6) is 0 Å². The Bertz CT molecular complexity index is 1650. The molecule has 6 rings (SSSR count). The van der Waals surface area contributed by atoms with Gasteiger partial charge in [0.1, 0.15) is 12.6 Å². The van der Waals surface area contributed by atoms with Crippen molar-refractivity contribution in [3.8, 4) is 0 Å². The smallest absolute Gasteiger partial charge is 0.326 e. The number of benzene rings is 1. The number of carbonyl (C=O) groups excluding carboxylic acids is 3. The van der Waals surface area contributed by atoms with E-state index in [9.17, 15) is 34.2 Å². The first-order chi connectivity index (χ1) is 23.7. The van der Waals surface area contributed by atoms with Crippen molar-refractivity contribution in [2.45, 2.75) is 125 Å². The molecule has 0 saturated heterocycles. The first kappa shape index (κ1) is 37.3. The van der Waals surface area contributed by atoms with Gasteiger partial charge in [0.25, 0.3) is 0 Å². The predicted octanol–water partition coefficient (Wildman–Crippen LogP) is 7.37. The van der Waals surface area contributed by atoms with Crippen molar-refractivity contribution in [3.63, 3.8) is 0 Å². The van der Waals surface area contributed by atoms with Crippen LogP contribution in [0.2, 0.25) is 0 Å². The van der Waals surface area contributed by atoms with E-state index in [2.05, 4.69) is 46.9 Å². The van der Waals surface area contributed by atoms with E-state index < -0.39 is 47.1 Å². The van der Waals surface area contributed by atoms with Crippen LogP contribution in [0.3, 0.4) is 0 Å². The molecule has 0 aromatic heterocycles. The largest absolute Gasteiger partial charge is 0.481 e. The van der Waals surface area contributed by atoms with E-state index in [4.69, 9.17) is 4.74 Å². The van der Waals surface area contributed by atoms with Gasteiger partial charge < -0.3 is 20.3 Å². The van der Waals surface area contributed by atoms with Gasteiger partial charge >= 0.3 is 17.9 Å². The third-order valence-electron chi connectivity index (χ3n) is 15.6. The molecule has 4 fully saturated rings. The number of allylic oxidation sites excluding steroid dienone is 2. The van der Waals surface area contributed by atoms with Crippen LogP contribution in [-0.4, -0.2) is 45.9 Å². The second-order valence-corrected chi connectivity index (χ2v) is 18.7. The molecule has 0 unspecified atom stereocenters. The zero-order chi connectivity index (χ0) is 37.4. The molecule has 0 heterocycles. The Labute approximate surface area is 302 Å². The first-order valence-corrected chi connectivity index (χ1v) is 18.9. The molecule has 5 aliphatic rings. The fourth-order valence-corrected chi connectivity index (χ4v) is 12.4. The maximum Gasteiger partial charge on any atom is 0.326 e. The van der Waals surface area contributed by atoms with E-state index in [1.54, 1.807) is 0 Å². The fourth-order valence-electron chi connectivity index (χ4n) is 12.4. The number of carboxylic acid groups (broad SMARTS) is 2. The number of esters is 1. The maximum absolute atomic E-state index is 14.8. The minimum Gasteiger partial charge on any atom is -0.481 e. The molecular formula is C42H57NO8. The number of fused-ring (bicyclic) bond motifs is 7. The van der Waals surface area contributed by atoms with Crippen LogP contribution in [-0.2, 0) is 35.3 Å². The molecule has 5 aliphatic carbocycles. The van der Waals surface area contributed by atoms with Gasteiger partial charge in [0.05, 0.1) is 11.8 Å². The molecule has 278 valence electrons. The van der Waals surface area contributed by atoms with Crippen molar-refractivity contribution in [1.29, 1.82) is 0 Å². The van der Waals surface area contributed by atoms with E-state index in [-0.39, 0.29) is 57.8 Å². The van der Waals surface area contributed by atoms with Crippen molar-refractivity contribution < 1.29 is 38.9 Å². The average molecular weight is 704 g/mol. The topological polar surface area (TPSA) is 147 Å². The first-order valence-electron chi connectivity index (χ1n) is 18.9.